The van der Waals surface area contributed by atoms with Crippen LogP contribution in [-0.2, 0) is 0 Å². The van der Waals surface area contributed by atoms with Crippen molar-refractivity contribution in [1.29, 1.82) is 0 Å². The lowest BCUT2D eigenvalue weighted by molar-refractivity contribution is 0.0787. The van der Waals surface area contributed by atoms with Crippen LogP contribution < -0.4 is 5.32 Å². The van der Waals surface area contributed by atoms with E-state index in [4.69, 9.17) is 0 Å². The fraction of sp³-hybridized carbons (Fsp3) is 0.333. The number of hydrogen-bond donors (Lipinski definition) is 1. The van der Waals surface area contributed by atoms with Gasteiger partial charge in [0.2, 0.25) is 0 Å². The first-order chi connectivity index (χ1) is 20.0. The Bertz CT molecular complexity index is 1570. The van der Waals surface area contributed by atoms with Gasteiger partial charge in [0.1, 0.15) is 0 Å². The zero-order valence-corrected chi connectivity index (χ0v) is 24.6. The second kappa shape index (κ2) is 12.6. The summed E-state index contributed by atoms with van der Waals surface area (Å²) in [5.41, 5.74) is 4.36. The molecule has 0 atom stereocenters. The molecule has 1 saturated carbocycles. The van der Waals surface area contributed by atoms with Crippen LogP contribution in [0.3, 0.4) is 0 Å². The number of nitrogens with one attached hydrogen (secondary N) is 1. The molecule has 1 aromatic heterocycles. The van der Waals surface area contributed by atoms with Gasteiger partial charge in [-0.3, -0.25) is 14.4 Å². The highest BCUT2D eigenvalue weighted by atomic mass is 32.2. The summed E-state index contributed by atoms with van der Waals surface area (Å²) in [6.07, 6.45) is 8.42. The van der Waals surface area contributed by atoms with Crippen molar-refractivity contribution in [2.75, 3.05) is 24.2 Å². The Hall–Kier alpha value is -3.49. The fourth-order valence-electron chi connectivity index (χ4n) is 5.79. The number of carbonyl (C=O) groups is 3. The standard InChI is InChI=1S/C33H33N3O3S2/c37-29(24-14-12-23(13-15-24)22-8-2-1-3-9-22)21-40-33-35-28-17-16-25(20-30(28)41-33)34-31(38)26-10-4-5-11-27(26)32(39)36-18-6-7-19-36/h4-5,10-17,20,22H,1-3,6-9,18-19,21H2,(H,34,38). The van der Waals surface area contributed by atoms with E-state index in [1.807, 2.05) is 35.2 Å². The van der Waals surface area contributed by atoms with Gasteiger partial charge in [0.05, 0.1) is 27.1 Å². The van der Waals surface area contributed by atoms with Gasteiger partial charge >= 0.3 is 0 Å². The molecule has 0 radical (unpaired) electrons. The van der Waals surface area contributed by atoms with Gasteiger partial charge < -0.3 is 10.2 Å². The Labute approximate surface area is 248 Å². The van der Waals surface area contributed by atoms with Crippen LogP contribution >= 0.6 is 23.1 Å². The lowest BCUT2D eigenvalue weighted by Crippen LogP contribution is -2.29. The number of anilines is 1. The van der Waals surface area contributed by atoms with Crippen molar-refractivity contribution >= 4 is 56.6 Å². The molecule has 41 heavy (non-hydrogen) atoms. The summed E-state index contributed by atoms with van der Waals surface area (Å²) < 4.78 is 1.74. The monoisotopic (exact) mass is 583 g/mol. The number of hydrogen-bond acceptors (Lipinski definition) is 6. The summed E-state index contributed by atoms with van der Waals surface area (Å²) in [7, 11) is 0. The number of likely N-dealkylation sites (tertiary alicyclic amines) is 1. The van der Waals surface area contributed by atoms with Crippen LogP contribution in [0.15, 0.2) is 71.1 Å². The fourth-order valence-corrected chi connectivity index (χ4v) is 7.79. The summed E-state index contributed by atoms with van der Waals surface area (Å²) >= 11 is 2.95. The Morgan fingerprint density at radius 3 is 2.37 bits per heavy atom. The van der Waals surface area contributed by atoms with E-state index in [1.165, 1.54) is 60.8 Å². The molecule has 0 bridgehead atoms. The summed E-state index contributed by atoms with van der Waals surface area (Å²) in [6, 6.07) is 20.8. The Kier molecular flexibility index (Phi) is 8.49. The number of ketones is 1. The van der Waals surface area contributed by atoms with Gasteiger partial charge in [0, 0.05) is 24.3 Å². The van der Waals surface area contributed by atoms with Crippen molar-refractivity contribution in [2.45, 2.75) is 55.2 Å². The van der Waals surface area contributed by atoms with Gasteiger partial charge in [-0.2, -0.15) is 0 Å². The number of rotatable bonds is 8. The van der Waals surface area contributed by atoms with Crippen LogP contribution in [0.2, 0.25) is 0 Å². The van der Waals surface area contributed by atoms with Gasteiger partial charge in [0.25, 0.3) is 11.8 Å². The van der Waals surface area contributed by atoms with Gasteiger partial charge in [-0.1, -0.05) is 67.4 Å². The predicted molar refractivity (Wildman–Crippen MR) is 166 cm³/mol. The van der Waals surface area contributed by atoms with E-state index >= 15 is 0 Å². The molecule has 4 aromatic rings. The van der Waals surface area contributed by atoms with E-state index in [2.05, 4.69) is 22.4 Å². The lowest BCUT2D eigenvalue weighted by Gasteiger charge is -2.22. The summed E-state index contributed by atoms with van der Waals surface area (Å²) in [5, 5.41) is 2.95. The molecule has 6 rings (SSSR count). The number of benzene rings is 3. The molecule has 210 valence electrons. The average molecular weight is 584 g/mol. The maximum absolute atomic E-state index is 13.2. The highest BCUT2D eigenvalue weighted by Gasteiger charge is 2.24. The highest BCUT2D eigenvalue weighted by molar-refractivity contribution is 8.01. The number of Topliss-reactive ketones (excluding diaryl/α,β-unsaturated/α-hetero) is 1. The number of thioether (sulfide) groups is 1. The third kappa shape index (κ3) is 6.39. The molecule has 2 fully saturated rings. The minimum absolute atomic E-state index is 0.0949. The number of fused-ring (bicyclic) bond motifs is 1. The van der Waals surface area contributed by atoms with Crippen molar-refractivity contribution in [3.8, 4) is 0 Å². The smallest absolute Gasteiger partial charge is 0.256 e. The van der Waals surface area contributed by atoms with Crippen LogP contribution in [0.25, 0.3) is 10.2 Å². The summed E-state index contributed by atoms with van der Waals surface area (Å²) in [5.74, 6) is 0.647. The highest BCUT2D eigenvalue weighted by Crippen LogP contribution is 2.34. The molecular weight excluding hydrogens is 551 g/mol. The Morgan fingerprint density at radius 2 is 1.61 bits per heavy atom. The Balaban J connectivity index is 1.09. The van der Waals surface area contributed by atoms with Gasteiger partial charge in [0.15, 0.2) is 10.1 Å². The van der Waals surface area contributed by atoms with Crippen molar-refractivity contribution in [3.63, 3.8) is 0 Å². The zero-order chi connectivity index (χ0) is 28.2. The largest absolute Gasteiger partial charge is 0.339 e. The SMILES string of the molecule is O=C(CSc1nc2ccc(NC(=O)c3ccccc3C(=O)N3CCCC3)cc2s1)c1ccc(C2CCCCC2)cc1. The van der Waals surface area contributed by atoms with Crippen molar-refractivity contribution in [1.82, 2.24) is 9.88 Å². The first-order valence-electron chi connectivity index (χ1n) is 14.4. The zero-order valence-electron chi connectivity index (χ0n) is 22.9. The molecule has 1 N–H and O–H groups in total. The third-order valence-corrected chi connectivity index (χ3v) is 10.2. The van der Waals surface area contributed by atoms with E-state index in [-0.39, 0.29) is 17.6 Å². The maximum Gasteiger partial charge on any atom is 0.256 e. The quantitative estimate of drug-likeness (QED) is 0.169. The van der Waals surface area contributed by atoms with Crippen molar-refractivity contribution in [3.05, 3.63) is 89.0 Å². The number of thiazole rings is 1. The van der Waals surface area contributed by atoms with Gasteiger partial charge in [-0.25, -0.2) is 4.98 Å². The first-order valence-corrected chi connectivity index (χ1v) is 16.2. The molecule has 2 heterocycles. The van der Waals surface area contributed by atoms with E-state index in [0.29, 0.717) is 28.5 Å². The van der Waals surface area contributed by atoms with Gasteiger partial charge in [-0.05, 0) is 67.5 Å². The molecule has 0 unspecified atom stereocenters. The minimum Gasteiger partial charge on any atom is -0.339 e. The van der Waals surface area contributed by atoms with Gasteiger partial charge in [-0.15, -0.1) is 11.3 Å². The first kappa shape index (κ1) is 27.7. The van der Waals surface area contributed by atoms with E-state index in [0.717, 1.165) is 46.1 Å². The molecule has 3 aromatic carbocycles. The summed E-state index contributed by atoms with van der Waals surface area (Å²) in [6.45, 7) is 1.46. The topological polar surface area (TPSA) is 79.4 Å². The maximum atomic E-state index is 13.2. The van der Waals surface area contributed by atoms with E-state index < -0.39 is 0 Å². The molecule has 1 saturated heterocycles. The van der Waals surface area contributed by atoms with Crippen LogP contribution in [-0.4, -0.2) is 46.3 Å². The molecule has 1 aliphatic carbocycles. The molecule has 0 spiro atoms. The Morgan fingerprint density at radius 1 is 0.878 bits per heavy atom. The minimum atomic E-state index is -0.313. The normalized spacial score (nSPS) is 15.8. The van der Waals surface area contributed by atoms with Crippen LogP contribution in [0.4, 0.5) is 5.69 Å². The molecule has 2 amide bonds. The van der Waals surface area contributed by atoms with E-state index in [9.17, 15) is 14.4 Å². The second-order valence-electron chi connectivity index (χ2n) is 10.8. The number of aromatic nitrogens is 1. The third-order valence-electron chi connectivity index (χ3n) is 8.06. The van der Waals surface area contributed by atoms with E-state index in [1.54, 1.807) is 24.3 Å². The molecule has 2 aliphatic rings. The lowest BCUT2D eigenvalue weighted by atomic mass is 9.84. The number of nitrogens with zero attached hydrogens (tertiary/aromatic N) is 2. The molecule has 6 nitrogen and oxygen atoms in total. The van der Waals surface area contributed by atoms with Crippen molar-refractivity contribution in [2.24, 2.45) is 0 Å². The summed E-state index contributed by atoms with van der Waals surface area (Å²) in [4.78, 5) is 45.5. The average Bonchev–Trinajstić information content (AvgIpc) is 3.70. The molecule has 8 heteroatoms. The van der Waals surface area contributed by atoms with Crippen LogP contribution in [0, 0.1) is 0 Å². The van der Waals surface area contributed by atoms with Crippen molar-refractivity contribution < 1.29 is 14.4 Å². The van der Waals surface area contributed by atoms with Crippen LogP contribution in [0.1, 0.15) is 87.5 Å². The molecule has 1 aliphatic heterocycles. The second-order valence-corrected chi connectivity index (χ2v) is 13.1. The predicted octanol–water partition coefficient (Wildman–Crippen LogP) is 7.81. The van der Waals surface area contributed by atoms with Crippen LogP contribution in [0.5, 0.6) is 0 Å². The number of carbonyl (C=O) groups excluding carboxylic acids is 3. The number of amides is 2. The molecular formula is C33H33N3O3S2.